The number of nitrogens with zero attached hydrogens (tertiary/aromatic N) is 2. The molecule has 1 aromatic heterocycles. The van der Waals surface area contributed by atoms with Gasteiger partial charge in [-0.25, -0.2) is 9.37 Å². The first-order chi connectivity index (χ1) is 11.6. The summed E-state index contributed by atoms with van der Waals surface area (Å²) in [5, 5.41) is 0.314. The van der Waals surface area contributed by atoms with E-state index in [1.54, 1.807) is 11.5 Å². The van der Waals surface area contributed by atoms with Gasteiger partial charge in [-0.2, -0.15) is 0 Å². The monoisotopic (exact) mass is 331 g/mol. The first-order valence-electron chi connectivity index (χ1n) is 8.69. The molecule has 2 aromatic rings. The van der Waals surface area contributed by atoms with Crippen LogP contribution in [-0.2, 0) is 4.74 Å². The number of aromatic nitrogens is 2. The lowest BCUT2D eigenvalue weighted by Crippen LogP contribution is -2.29. The Bertz CT molecular complexity index is 836. The quantitative estimate of drug-likeness (QED) is 0.938. The van der Waals surface area contributed by atoms with Crippen LogP contribution in [0.1, 0.15) is 68.6 Å². The highest BCUT2D eigenvalue weighted by atomic mass is 19.1. The second-order valence-corrected chi connectivity index (χ2v) is 6.91. The van der Waals surface area contributed by atoms with Crippen molar-refractivity contribution in [3.05, 3.63) is 39.7 Å². The van der Waals surface area contributed by atoms with Crippen LogP contribution in [0.4, 0.5) is 4.39 Å². The fraction of sp³-hybridized carbons (Fsp3) is 0.556. The first-order valence-corrected chi connectivity index (χ1v) is 8.69. The second-order valence-electron chi connectivity index (χ2n) is 6.91. The Hall–Kier alpha value is -1.79. The van der Waals surface area contributed by atoms with Crippen LogP contribution in [0.25, 0.3) is 10.9 Å². The van der Waals surface area contributed by atoms with Crippen LogP contribution in [-0.4, -0.2) is 16.2 Å². The van der Waals surface area contributed by atoms with Crippen LogP contribution < -0.4 is 11.3 Å². The Morgan fingerprint density at radius 1 is 1.33 bits per heavy atom. The Morgan fingerprint density at radius 3 is 2.75 bits per heavy atom. The molecule has 0 bridgehead atoms. The third-order valence-corrected chi connectivity index (χ3v) is 4.90. The molecule has 128 valence electrons. The Morgan fingerprint density at radius 2 is 2.12 bits per heavy atom. The van der Waals surface area contributed by atoms with E-state index in [1.165, 1.54) is 12.1 Å². The highest BCUT2D eigenvalue weighted by Gasteiger charge is 2.32. The largest absolute Gasteiger partial charge is 0.370 e. The van der Waals surface area contributed by atoms with Crippen molar-refractivity contribution in [1.29, 1.82) is 0 Å². The third-order valence-electron chi connectivity index (χ3n) is 4.90. The zero-order valence-corrected chi connectivity index (χ0v) is 13.8. The topological polar surface area (TPSA) is 70.1 Å². The van der Waals surface area contributed by atoms with Gasteiger partial charge in [0, 0.05) is 18.7 Å². The molecule has 4 rings (SSSR count). The van der Waals surface area contributed by atoms with Crippen LogP contribution in [0.5, 0.6) is 0 Å². The summed E-state index contributed by atoms with van der Waals surface area (Å²) in [6.07, 6.45) is 4.72. The number of nitrogens with two attached hydrogens (primary N) is 1. The lowest BCUT2D eigenvalue weighted by Gasteiger charge is -2.25. The Labute approximate surface area is 139 Å². The third kappa shape index (κ3) is 2.63. The van der Waals surface area contributed by atoms with E-state index >= 15 is 0 Å². The van der Waals surface area contributed by atoms with E-state index in [0.29, 0.717) is 28.9 Å². The molecule has 24 heavy (non-hydrogen) atoms. The molecule has 0 unspecified atom stereocenters. The van der Waals surface area contributed by atoms with E-state index in [0.717, 1.165) is 32.1 Å². The van der Waals surface area contributed by atoms with Gasteiger partial charge >= 0.3 is 0 Å². The molecule has 2 atom stereocenters. The summed E-state index contributed by atoms with van der Waals surface area (Å²) >= 11 is 0. The van der Waals surface area contributed by atoms with Crippen LogP contribution in [0.15, 0.2) is 16.9 Å². The van der Waals surface area contributed by atoms with Gasteiger partial charge in [0.15, 0.2) is 0 Å². The molecule has 0 radical (unpaired) electrons. The number of fused-ring (bicyclic) bond motifs is 1. The highest BCUT2D eigenvalue weighted by Crippen LogP contribution is 2.38. The molecule has 0 spiro atoms. The van der Waals surface area contributed by atoms with Gasteiger partial charge < -0.3 is 10.5 Å². The van der Waals surface area contributed by atoms with E-state index in [9.17, 15) is 9.18 Å². The summed E-state index contributed by atoms with van der Waals surface area (Å²) in [5.74, 6) is 0.237. The van der Waals surface area contributed by atoms with Gasteiger partial charge in [-0.3, -0.25) is 9.36 Å². The lowest BCUT2D eigenvalue weighted by molar-refractivity contribution is 0.00660. The zero-order chi connectivity index (χ0) is 16.8. The molecule has 1 saturated carbocycles. The molecule has 6 heteroatoms. The maximum Gasteiger partial charge on any atom is 0.261 e. The van der Waals surface area contributed by atoms with Gasteiger partial charge in [0.05, 0.1) is 10.9 Å². The molecule has 1 aliphatic heterocycles. The van der Waals surface area contributed by atoms with Crippen molar-refractivity contribution in [3.8, 4) is 0 Å². The van der Waals surface area contributed by atoms with E-state index in [2.05, 4.69) is 0 Å². The Balaban J connectivity index is 1.99. The average molecular weight is 331 g/mol. The predicted molar refractivity (Wildman–Crippen MR) is 89.4 cm³/mol. The first kappa shape index (κ1) is 15.7. The highest BCUT2D eigenvalue weighted by molar-refractivity contribution is 5.81. The number of hydrogen-bond acceptors (Lipinski definition) is 4. The van der Waals surface area contributed by atoms with Crippen LogP contribution in [0.3, 0.4) is 0 Å². The van der Waals surface area contributed by atoms with Crippen LogP contribution in [0, 0.1) is 5.82 Å². The molecule has 0 amide bonds. The SMILES string of the molecule is C[C@@H](N)c1cc(F)cc2c(=O)n(C3CC3)c([C@H]3CCCCO3)nc12. The zero-order valence-electron chi connectivity index (χ0n) is 13.8. The minimum absolute atomic E-state index is 0.164. The predicted octanol–water partition coefficient (Wildman–Crippen LogP) is 3.13. The molecular formula is C18H22FN3O2. The van der Waals surface area contributed by atoms with Crippen molar-refractivity contribution in [2.45, 2.75) is 57.2 Å². The van der Waals surface area contributed by atoms with Crippen LogP contribution in [0.2, 0.25) is 0 Å². The molecule has 1 aromatic carbocycles. The summed E-state index contributed by atoms with van der Waals surface area (Å²) in [5.41, 5.74) is 6.90. The lowest BCUT2D eigenvalue weighted by atomic mass is 10.0. The molecule has 2 N–H and O–H groups in total. The van der Waals surface area contributed by atoms with Gasteiger partial charge in [0.2, 0.25) is 0 Å². The maximum atomic E-state index is 14.0. The van der Waals surface area contributed by atoms with Gasteiger partial charge in [0.25, 0.3) is 5.56 Å². The smallest absolute Gasteiger partial charge is 0.261 e. The summed E-state index contributed by atoms with van der Waals surface area (Å²) in [6, 6.07) is 2.43. The minimum Gasteiger partial charge on any atom is -0.370 e. The van der Waals surface area contributed by atoms with E-state index in [4.69, 9.17) is 15.5 Å². The van der Waals surface area contributed by atoms with Gasteiger partial charge in [0.1, 0.15) is 17.7 Å². The fourth-order valence-electron chi connectivity index (χ4n) is 3.51. The number of benzene rings is 1. The summed E-state index contributed by atoms with van der Waals surface area (Å²) in [6.45, 7) is 2.46. The number of rotatable bonds is 3. The van der Waals surface area contributed by atoms with E-state index in [-0.39, 0.29) is 17.7 Å². The second kappa shape index (κ2) is 5.93. The van der Waals surface area contributed by atoms with Crippen LogP contribution >= 0.6 is 0 Å². The van der Waals surface area contributed by atoms with Crippen molar-refractivity contribution >= 4 is 10.9 Å². The summed E-state index contributed by atoms with van der Waals surface area (Å²) < 4.78 is 21.6. The maximum absolute atomic E-state index is 14.0. The van der Waals surface area contributed by atoms with Gasteiger partial charge in [-0.1, -0.05) is 0 Å². The molecule has 2 heterocycles. The summed E-state index contributed by atoms with van der Waals surface area (Å²) in [7, 11) is 0. The van der Waals surface area contributed by atoms with Crippen molar-refractivity contribution in [2.75, 3.05) is 6.61 Å². The normalized spacial score (nSPS) is 22.7. The van der Waals surface area contributed by atoms with Crippen molar-refractivity contribution in [2.24, 2.45) is 5.73 Å². The van der Waals surface area contributed by atoms with E-state index in [1.807, 2.05) is 0 Å². The number of halogens is 1. The van der Waals surface area contributed by atoms with Crippen molar-refractivity contribution < 1.29 is 9.13 Å². The summed E-state index contributed by atoms with van der Waals surface area (Å²) in [4.78, 5) is 17.8. The number of ether oxygens (including phenoxy) is 1. The van der Waals surface area contributed by atoms with Crippen molar-refractivity contribution in [3.63, 3.8) is 0 Å². The molecule has 1 saturated heterocycles. The number of hydrogen-bond donors (Lipinski definition) is 1. The van der Waals surface area contributed by atoms with E-state index < -0.39 is 11.9 Å². The average Bonchev–Trinajstić information content (AvgIpc) is 3.40. The molecular weight excluding hydrogens is 309 g/mol. The molecule has 2 aliphatic rings. The minimum atomic E-state index is -0.447. The standard InChI is InChI=1S/C18H22FN3O2/c1-10(20)13-8-11(19)9-14-16(13)21-17(15-4-2-3-7-24-15)22(18(14)23)12-5-6-12/h8-10,12,15H,2-7,20H2,1H3/t10-,15-/m1/s1. The Kier molecular flexibility index (Phi) is 3.89. The molecule has 1 aliphatic carbocycles. The fourth-order valence-corrected chi connectivity index (χ4v) is 3.51. The molecule has 2 fully saturated rings. The van der Waals surface area contributed by atoms with Gasteiger partial charge in [-0.05, 0) is 56.7 Å². The molecule has 5 nitrogen and oxygen atoms in total. The van der Waals surface area contributed by atoms with Gasteiger partial charge in [-0.15, -0.1) is 0 Å². The van der Waals surface area contributed by atoms with Crippen molar-refractivity contribution in [1.82, 2.24) is 9.55 Å².